The lowest BCUT2D eigenvalue weighted by Gasteiger charge is -2.28. The quantitative estimate of drug-likeness (QED) is 0.0526. The molecule has 13 nitrogen and oxygen atoms in total. The number of methoxy groups -OCH3 is 1. The minimum atomic E-state index is -1.19. The van der Waals surface area contributed by atoms with Crippen molar-refractivity contribution in [3.05, 3.63) is 95.3 Å². The Balaban J connectivity index is 1.40. The normalized spacial score (nSPS) is 14.8. The fourth-order valence-corrected chi connectivity index (χ4v) is 6.80. The molecule has 0 unspecified atom stereocenters. The van der Waals surface area contributed by atoms with Gasteiger partial charge in [-0.15, -0.1) is 0 Å². The van der Waals surface area contributed by atoms with E-state index < -0.39 is 24.3 Å². The molecule has 0 bridgehead atoms. The molecule has 2 atom stereocenters. The molecule has 0 fully saturated rings. The number of rotatable bonds is 15. The van der Waals surface area contributed by atoms with Gasteiger partial charge in [-0.25, -0.2) is 14.4 Å². The maximum absolute atomic E-state index is 12.5. The summed E-state index contributed by atoms with van der Waals surface area (Å²) in [6, 6.07) is 14.7. The van der Waals surface area contributed by atoms with Crippen molar-refractivity contribution in [2.45, 2.75) is 39.6 Å². The molecule has 0 aliphatic carbocycles. The molecule has 0 saturated carbocycles. The maximum atomic E-state index is 12.5. The molecule has 3 aromatic rings. The van der Waals surface area contributed by atoms with Crippen LogP contribution in [0.1, 0.15) is 53.9 Å². The van der Waals surface area contributed by atoms with Crippen LogP contribution in [0.5, 0.6) is 17.2 Å². The number of hydrazone groups is 1. The van der Waals surface area contributed by atoms with E-state index in [9.17, 15) is 19.5 Å². The second-order valence-electron chi connectivity index (χ2n) is 10.4. The van der Waals surface area contributed by atoms with E-state index in [4.69, 9.17) is 23.7 Å². The number of hydrogen-bond donors (Lipinski definition) is 4. The number of amides is 2. The van der Waals surface area contributed by atoms with Gasteiger partial charge in [0, 0.05) is 14.8 Å². The lowest BCUT2D eigenvalue weighted by Crippen LogP contribution is -2.45. The first-order chi connectivity index (χ1) is 23.5. The van der Waals surface area contributed by atoms with E-state index in [0.717, 1.165) is 12.7 Å². The number of aliphatic hydroxyl groups is 1. The summed E-state index contributed by atoms with van der Waals surface area (Å²) in [4.78, 5) is 36.6. The standard InChI is InChI=1S/C34H36I2N4O9/c1-5-46-27-14-22(30-29(33(43)45-4)19(3)38-34(44)39-30)11-12-26(27)48-18-28(41)40-37-16-23-13-24(35)15-25(36)31(23)49-17-20-7-9-21(10-8-20)32(42)47-6-2/h7-16,28,30,40-41H,5-6,17-18H2,1-4H3,(H2,38,39,44)/b37-16+/t28-,30-/m0/s1. The molecule has 260 valence electrons. The molecule has 3 aromatic carbocycles. The van der Waals surface area contributed by atoms with E-state index in [-0.39, 0.29) is 24.8 Å². The Morgan fingerprint density at radius 2 is 1.76 bits per heavy atom. The van der Waals surface area contributed by atoms with Crippen LogP contribution in [0.15, 0.2) is 71.0 Å². The second kappa shape index (κ2) is 18.1. The van der Waals surface area contributed by atoms with Gasteiger partial charge in [0.15, 0.2) is 17.7 Å². The molecular weight excluding hydrogens is 862 g/mol. The molecule has 4 rings (SSSR count). The number of nitrogens with zero attached hydrogens (tertiary/aromatic N) is 1. The SMILES string of the molecule is CCOC(=O)c1ccc(COc2c(I)cc(I)cc2/C=N/N[C@@H](O)COc2ccc([C@@H]3NC(=O)NC(C)=C3C(=O)OC)cc2OCC)cc1. The first-order valence-electron chi connectivity index (χ1n) is 15.1. The van der Waals surface area contributed by atoms with Gasteiger partial charge in [0.1, 0.15) is 19.0 Å². The number of benzene rings is 3. The van der Waals surface area contributed by atoms with Crippen molar-refractivity contribution in [3.8, 4) is 17.2 Å². The fourth-order valence-electron chi connectivity index (χ4n) is 4.75. The molecule has 49 heavy (non-hydrogen) atoms. The van der Waals surface area contributed by atoms with Crippen molar-refractivity contribution in [1.82, 2.24) is 16.1 Å². The summed E-state index contributed by atoms with van der Waals surface area (Å²) in [7, 11) is 1.27. The van der Waals surface area contributed by atoms with E-state index in [1.54, 1.807) is 50.4 Å². The van der Waals surface area contributed by atoms with Crippen LogP contribution in [0.4, 0.5) is 4.79 Å². The molecule has 1 aliphatic heterocycles. The number of carbonyl (C=O) groups is 3. The molecule has 0 radical (unpaired) electrons. The summed E-state index contributed by atoms with van der Waals surface area (Å²) < 4.78 is 29.6. The van der Waals surface area contributed by atoms with Crippen LogP contribution in [-0.4, -0.2) is 62.4 Å². The van der Waals surface area contributed by atoms with Crippen molar-refractivity contribution in [2.75, 3.05) is 26.9 Å². The summed E-state index contributed by atoms with van der Waals surface area (Å²) >= 11 is 4.40. The highest BCUT2D eigenvalue weighted by atomic mass is 127. The number of nitrogens with one attached hydrogen (secondary N) is 3. The summed E-state index contributed by atoms with van der Waals surface area (Å²) in [5.74, 6) is 0.355. The second-order valence-corrected chi connectivity index (χ2v) is 12.8. The summed E-state index contributed by atoms with van der Waals surface area (Å²) in [5, 5.41) is 20.2. The molecule has 0 aromatic heterocycles. The number of urea groups is 1. The number of hydrogen-bond acceptors (Lipinski definition) is 11. The summed E-state index contributed by atoms with van der Waals surface area (Å²) in [5.41, 5.74) is 5.91. The predicted molar refractivity (Wildman–Crippen MR) is 198 cm³/mol. The fraction of sp³-hybridized carbons (Fsp3) is 0.294. The first-order valence-corrected chi connectivity index (χ1v) is 17.3. The van der Waals surface area contributed by atoms with Crippen molar-refractivity contribution < 1.29 is 43.2 Å². The van der Waals surface area contributed by atoms with Gasteiger partial charge in [-0.3, -0.25) is 5.43 Å². The highest BCUT2D eigenvalue weighted by Crippen LogP contribution is 2.35. The van der Waals surface area contributed by atoms with Crippen LogP contribution in [0.2, 0.25) is 0 Å². The van der Waals surface area contributed by atoms with Crippen molar-refractivity contribution in [3.63, 3.8) is 0 Å². The van der Waals surface area contributed by atoms with E-state index in [1.165, 1.54) is 7.11 Å². The van der Waals surface area contributed by atoms with Crippen LogP contribution in [0.3, 0.4) is 0 Å². The molecule has 0 spiro atoms. The van der Waals surface area contributed by atoms with E-state index >= 15 is 0 Å². The van der Waals surface area contributed by atoms with Gasteiger partial charge in [-0.05, 0) is 113 Å². The Bertz CT molecular complexity index is 1730. The molecule has 1 heterocycles. The smallest absolute Gasteiger partial charge is 0.338 e. The predicted octanol–water partition coefficient (Wildman–Crippen LogP) is 5.17. The Labute approximate surface area is 311 Å². The summed E-state index contributed by atoms with van der Waals surface area (Å²) in [6.07, 6.45) is 0.365. The van der Waals surface area contributed by atoms with Gasteiger partial charge < -0.3 is 39.4 Å². The molecule has 4 N–H and O–H groups in total. The van der Waals surface area contributed by atoms with E-state index in [1.807, 2.05) is 31.2 Å². The largest absolute Gasteiger partial charge is 0.490 e. The molecular formula is C34H36I2N4O9. The van der Waals surface area contributed by atoms with Crippen molar-refractivity contribution in [2.24, 2.45) is 5.10 Å². The zero-order valence-corrected chi connectivity index (χ0v) is 31.5. The van der Waals surface area contributed by atoms with E-state index in [2.05, 4.69) is 66.3 Å². The Kier molecular flexibility index (Phi) is 13.9. The highest BCUT2D eigenvalue weighted by Gasteiger charge is 2.32. The average molecular weight is 898 g/mol. The van der Waals surface area contributed by atoms with Gasteiger partial charge in [0.25, 0.3) is 0 Å². The topological polar surface area (TPSA) is 166 Å². The third-order valence-corrected chi connectivity index (χ3v) is 8.41. The van der Waals surface area contributed by atoms with Crippen molar-refractivity contribution in [1.29, 1.82) is 0 Å². The van der Waals surface area contributed by atoms with Gasteiger partial charge >= 0.3 is 18.0 Å². The van der Waals surface area contributed by atoms with Gasteiger partial charge in [0.05, 0.1) is 47.3 Å². The van der Waals surface area contributed by atoms with Gasteiger partial charge in [-0.2, -0.15) is 5.10 Å². The maximum Gasteiger partial charge on any atom is 0.338 e. The Morgan fingerprint density at radius 3 is 2.45 bits per heavy atom. The zero-order chi connectivity index (χ0) is 35.5. The number of carbonyl (C=O) groups excluding carboxylic acids is 3. The lowest BCUT2D eigenvalue weighted by molar-refractivity contribution is -0.136. The molecule has 2 amide bonds. The zero-order valence-electron chi connectivity index (χ0n) is 27.2. The Morgan fingerprint density at radius 1 is 1.00 bits per heavy atom. The number of esters is 2. The number of ether oxygens (including phenoxy) is 5. The lowest BCUT2D eigenvalue weighted by atomic mass is 9.95. The molecule has 1 aliphatic rings. The van der Waals surface area contributed by atoms with Gasteiger partial charge in [0.2, 0.25) is 0 Å². The van der Waals surface area contributed by atoms with Crippen LogP contribution >= 0.6 is 45.2 Å². The minimum absolute atomic E-state index is 0.178. The third kappa shape index (κ3) is 10.2. The summed E-state index contributed by atoms with van der Waals surface area (Å²) in [6.45, 7) is 5.90. The van der Waals surface area contributed by atoms with Crippen LogP contribution in [-0.2, 0) is 20.9 Å². The monoisotopic (exact) mass is 898 g/mol. The number of halogens is 2. The number of allylic oxidation sites excluding steroid dienone is 1. The minimum Gasteiger partial charge on any atom is -0.490 e. The van der Waals surface area contributed by atoms with Crippen LogP contribution in [0, 0.1) is 7.14 Å². The molecule has 15 heteroatoms. The van der Waals surface area contributed by atoms with Gasteiger partial charge in [-0.1, -0.05) is 18.2 Å². The first kappa shape index (κ1) is 37.7. The average Bonchev–Trinajstić information content (AvgIpc) is 3.07. The van der Waals surface area contributed by atoms with Crippen molar-refractivity contribution >= 4 is 69.4 Å². The third-order valence-electron chi connectivity index (χ3n) is 6.98. The van der Waals surface area contributed by atoms with E-state index in [0.29, 0.717) is 52.8 Å². The molecule has 0 saturated heterocycles. The Hall–Kier alpha value is -4.10. The number of aliphatic hydroxyl groups excluding tert-OH is 1. The highest BCUT2D eigenvalue weighted by molar-refractivity contribution is 14.1. The van der Waals surface area contributed by atoms with Crippen LogP contribution in [0.25, 0.3) is 0 Å². The van der Waals surface area contributed by atoms with Crippen LogP contribution < -0.4 is 30.3 Å².